The van der Waals surface area contributed by atoms with Gasteiger partial charge in [0.15, 0.2) is 16.6 Å². The van der Waals surface area contributed by atoms with Gasteiger partial charge >= 0.3 is 0 Å². The molecule has 5 heteroatoms. The smallest absolute Gasteiger partial charge is 0.184 e. The summed E-state index contributed by atoms with van der Waals surface area (Å²) in [7, 11) is -3.41. The first kappa shape index (κ1) is 33.0. The molecule has 0 aliphatic heterocycles. The maximum absolute atomic E-state index is 10.2. The van der Waals surface area contributed by atoms with E-state index >= 15 is 0 Å². The Kier molecular flexibility index (Phi) is 10.5. The molecular weight excluding hydrogens is 513 g/mol. The average Bonchev–Trinajstić information content (AvgIpc) is 3.13. The fourth-order valence-corrected chi connectivity index (χ4v) is 10.4. The molecule has 3 aliphatic carbocycles. The summed E-state index contributed by atoms with van der Waals surface area (Å²) in [6.45, 7) is 29.6. The van der Waals surface area contributed by atoms with Gasteiger partial charge in [0.2, 0.25) is 0 Å². The van der Waals surface area contributed by atoms with E-state index in [9.17, 15) is 5.11 Å². The minimum Gasteiger partial charge on any atom is -0.414 e. The van der Waals surface area contributed by atoms with Crippen LogP contribution in [0.5, 0.6) is 0 Å². The standard InChI is InChI=1S/C34H62O3Si2/c1-24(15-13-21-33(4,5)35)29-19-20-30-27(16-14-22-34(29,30)6)17-18-28-23-31(36-38(7,8)9)26(3)32(25(28)2)37-39(10,11)12/h17-18,24,26,29-32,35H,2,13-16,19-23H2,1,3-12H3/b27-17?,28-18-/t24-,26-,29+,30?,31+,32+,34+/m0/s1. The van der Waals surface area contributed by atoms with E-state index in [2.05, 4.69) is 78.8 Å². The zero-order chi connectivity index (χ0) is 29.4. The maximum Gasteiger partial charge on any atom is 0.184 e. The number of hydrogen-bond donors (Lipinski definition) is 1. The summed E-state index contributed by atoms with van der Waals surface area (Å²) in [5.41, 5.74) is 4.05. The van der Waals surface area contributed by atoms with Gasteiger partial charge in [-0.05, 0) is 132 Å². The molecule has 3 nitrogen and oxygen atoms in total. The van der Waals surface area contributed by atoms with Gasteiger partial charge in [-0.3, -0.25) is 0 Å². The quantitative estimate of drug-likeness (QED) is 0.264. The molecule has 0 spiro atoms. The lowest BCUT2D eigenvalue weighted by Gasteiger charge is -2.45. The molecule has 0 amide bonds. The van der Waals surface area contributed by atoms with Gasteiger partial charge in [-0.25, -0.2) is 0 Å². The van der Waals surface area contributed by atoms with E-state index < -0.39 is 22.2 Å². The van der Waals surface area contributed by atoms with Crippen LogP contribution in [0.1, 0.15) is 92.4 Å². The van der Waals surface area contributed by atoms with Crippen LogP contribution in [-0.4, -0.2) is 39.6 Å². The van der Waals surface area contributed by atoms with Crippen LogP contribution in [0.4, 0.5) is 0 Å². The highest BCUT2D eigenvalue weighted by molar-refractivity contribution is 6.70. The molecule has 0 bridgehead atoms. The minimum atomic E-state index is -1.73. The van der Waals surface area contributed by atoms with Crippen molar-refractivity contribution in [3.05, 3.63) is 35.5 Å². The molecule has 7 atom stereocenters. The number of aliphatic hydroxyl groups is 1. The fourth-order valence-electron chi connectivity index (χ4n) is 8.05. The van der Waals surface area contributed by atoms with Crippen molar-refractivity contribution in [2.75, 3.05) is 0 Å². The van der Waals surface area contributed by atoms with E-state index in [4.69, 9.17) is 8.85 Å². The Morgan fingerprint density at radius 2 is 1.72 bits per heavy atom. The summed E-state index contributed by atoms with van der Waals surface area (Å²) < 4.78 is 13.5. The van der Waals surface area contributed by atoms with Crippen LogP contribution in [-0.2, 0) is 8.85 Å². The van der Waals surface area contributed by atoms with Crippen molar-refractivity contribution in [1.82, 2.24) is 0 Å². The van der Waals surface area contributed by atoms with Crippen molar-refractivity contribution in [2.24, 2.45) is 29.1 Å². The second kappa shape index (κ2) is 12.4. The molecule has 224 valence electrons. The molecule has 39 heavy (non-hydrogen) atoms. The first-order chi connectivity index (χ1) is 17.8. The molecule has 0 heterocycles. The first-order valence-corrected chi connectivity index (χ1v) is 22.8. The van der Waals surface area contributed by atoms with Crippen molar-refractivity contribution in [1.29, 1.82) is 0 Å². The maximum atomic E-state index is 10.2. The predicted octanol–water partition coefficient (Wildman–Crippen LogP) is 9.67. The molecule has 3 aliphatic rings. The molecule has 1 N–H and O–H groups in total. The SMILES string of the molecule is C=C1/C(=C\C=C2CCC[C@@]3(C)C2CC[C@@H]3[C@@H](C)CCCC(C)(C)O)C[C@@H](O[Si](C)(C)C)[C@H](C)[C@@H]1O[Si](C)(C)C. The number of rotatable bonds is 10. The van der Waals surface area contributed by atoms with E-state index in [1.807, 2.05) is 13.8 Å². The van der Waals surface area contributed by atoms with E-state index in [0.29, 0.717) is 17.3 Å². The van der Waals surface area contributed by atoms with Crippen molar-refractivity contribution >= 4 is 16.6 Å². The van der Waals surface area contributed by atoms with Gasteiger partial charge in [0.1, 0.15) is 0 Å². The van der Waals surface area contributed by atoms with E-state index in [1.165, 1.54) is 49.7 Å². The van der Waals surface area contributed by atoms with Crippen molar-refractivity contribution in [3.63, 3.8) is 0 Å². The Bertz CT molecular complexity index is 916. The summed E-state index contributed by atoms with van der Waals surface area (Å²) in [6, 6.07) is 0. The van der Waals surface area contributed by atoms with Crippen molar-refractivity contribution in [3.8, 4) is 0 Å². The molecule has 3 rings (SSSR count). The number of fused-ring (bicyclic) bond motifs is 1. The van der Waals surface area contributed by atoms with Crippen LogP contribution in [0.3, 0.4) is 0 Å². The Morgan fingerprint density at radius 3 is 2.31 bits per heavy atom. The highest BCUT2D eigenvalue weighted by Gasteiger charge is 2.50. The molecule has 0 aromatic rings. The first-order valence-electron chi connectivity index (χ1n) is 16.0. The lowest BCUT2D eigenvalue weighted by molar-refractivity contribution is 0.0478. The minimum absolute atomic E-state index is 0.0497. The van der Waals surface area contributed by atoms with Crippen LogP contribution in [0.2, 0.25) is 39.3 Å². The summed E-state index contributed by atoms with van der Waals surface area (Å²) in [5, 5.41) is 10.2. The van der Waals surface area contributed by atoms with Gasteiger partial charge in [0, 0.05) is 5.92 Å². The predicted molar refractivity (Wildman–Crippen MR) is 173 cm³/mol. The summed E-state index contributed by atoms with van der Waals surface area (Å²) >= 11 is 0. The Balaban J connectivity index is 1.81. The highest BCUT2D eigenvalue weighted by atomic mass is 28.4. The van der Waals surface area contributed by atoms with Crippen LogP contribution in [0, 0.1) is 29.1 Å². The Hall–Kier alpha value is -0.466. The molecule has 0 aromatic heterocycles. The third-order valence-electron chi connectivity index (χ3n) is 9.90. The number of allylic oxidation sites excluding steroid dienone is 3. The molecular formula is C34H62O3Si2. The highest BCUT2D eigenvalue weighted by Crippen LogP contribution is 2.60. The molecule has 0 aromatic carbocycles. The molecule has 0 saturated heterocycles. The molecule has 3 fully saturated rings. The van der Waals surface area contributed by atoms with E-state index in [1.54, 1.807) is 5.57 Å². The average molecular weight is 575 g/mol. The van der Waals surface area contributed by atoms with Crippen molar-refractivity contribution in [2.45, 2.75) is 149 Å². The van der Waals surface area contributed by atoms with Crippen LogP contribution < -0.4 is 0 Å². The normalized spacial score (nSPS) is 35.5. The van der Waals surface area contributed by atoms with Gasteiger partial charge in [-0.1, -0.05) is 57.9 Å². The lowest BCUT2D eigenvalue weighted by Crippen LogP contribution is -2.47. The summed E-state index contributed by atoms with van der Waals surface area (Å²) in [6.07, 6.45) is 15.9. The van der Waals surface area contributed by atoms with Gasteiger partial charge in [0.05, 0.1) is 17.8 Å². The number of hydrogen-bond acceptors (Lipinski definition) is 3. The fraction of sp³-hybridized carbons (Fsp3) is 0.824. The molecule has 3 saturated carbocycles. The monoisotopic (exact) mass is 574 g/mol. The van der Waals surface area contributed by atoms with Gasteiger partial charge in [-0.2, -0.15) is 0 Å². The topological polar surface area (TPSA) is 38.7 Å². The zero-order valence-electron chi connectivity index (χ0n) is 27.5. The summed E-state index contributed by atoms with van der Waals surface area (Å²) in [5.74, 6) is 2.53. The van der Waals surface area contributed by atoms with Crippen LogP contribution in [0.15, 0.2) is 35.5 Å². The largest absolute Gasteiger partial charge is 0.414 e. The van der Waals surface area contributed by atoms with E-state index in [-0.39, 0.29) is 12.2 Å². The van der Waals surface area contributed by atoms with Gasteiger partial charge in [0.25, 0.3) is 0 Å². The summed E-state index contributed by atoms with van der Waals surface area (Å²) in [4.78, 5) is 0. The molecule has 0 radical (unpaired) electrons. The third-order valence-corrected chi connectivity index (χ3v) is 11.9. The lowest BCUT2D eigenvalue weighted by atomic mass is 9.60. The zero-order valence-corrected chi connectivity index (χ0v) is 29.5. The van der Waals surface area contributed by atoms with E-state index in [0.717, 1.165) is 31.1 Å². The van der Waals surface area contributed by atoms with Crippen LogP contribution in [0.25, 0.3) is 0 Å². The third kappa shape index (κ3) is 8.76. The van der Waals surface area contributed by atoms with Crippen molar-refractivity contribution < 1.29 is 14.0 Å². The van der Waals surface area contributed by atoms with Crippen LogP contribution >= 0.6 is 0 Å². The van der Waals surface area contributed by atoms with Gasteiger partial charge in [-0.15, -0.1) is 0 Å². The Morgan fingerprint density at radius 1 is 1.08 bits per heavy atom. The second-order valence-corrected chi connectivity index (χ2v) is 25.1. The van der Waals surface area contributed by atoms with Gasteiger partial charge < -0.3 is 14.0 Å². The Labute approximate surface area is 244 Å². The molecule has 1 unspecified atom stereocenters. The second-order valence-electron chi connectivity index (χ2n) is 16.2.